The van der Waals surface area contributed by atoms with Crippen LogP contribution in [0, 0.1) is 5.92 Å². The van der Waals surface area contributed by atoms with Gasteiger partial charge >= 0.3 is 5.97 Å². The molecule has 0 saturated heterocycles. The first-order valence-corrected chi connectivity index (χ1v) is 5.89. The second kappa shape index (κ2) is 4.55. The minimum absolute atomic E-state index is 0.0863. The van der Waals surface area contributed by atoms with Crippen molar-refractivity contribution in [1.82, 2.24) is 4.98 Å². The summed E-state index contributed by atoms with van der Waals surface area (Å²) in [6.45, 7) is 1.13. The predicted octanol–water partition coefficient (Wildman–Crippen LogP) is 2.40. The Hall–Kier alpha value is -1.65. The first-order valence-electron chi connectivity index (χ1n) is 5.89. The SMILES string of the molecule is COc1cc(C(C2CC2)C(C)(F)C(=O)O)ccn1. The molecule has 1 N–H and O–H groups in total. The number of pyridine rings is 1. The lowest BCUT2D eigenvalue weighted by molar-refractivity contribution is -0.151. The number of methoxy groups -OCH3 is 1. The highest BCUT2D eigenvalue weighted by atomic mass is 19.1. The van der Waals surface area contributed by atoms with Crippen molar-refractivity contribution in [2.24, 2.45) is 5.92 Å². The summed E-state index contributed by atoms with van der Waals surface area (Å²) in [5, 5.41) is 9.05. The summed E-state index contributed by atoms with van der Waals surface area (Å²) in [5.74, 6) is -1.61. The molecule has 1 aliphatic rings. The van der Waals surface area contributed by atoms with Gasteiger partial charge in [-0.15, -0.1) is 0 Å². The molecule has 0 bridgehead atoms. The zero-order valence-electron chi connectivity index (χ0n) is 10.4. The lowest BCUT2D eigenvalue weighted by atomic mass is 9.81. The standard InChI is InChI=1S/C13H16FNO3/c1-13(14,12(16)17)11(8-3-4-8)9-5-6-15-10(7-9)18-2/h5-8,11H,3-4H2,1-2H3,(H,16,17). The van der Waals surface area contributed by atoms with Crippen LogP contribution in [0.3, 0.4) is 0 Å². The summed E-state index contributed by atoms with van der Waals surface area (Å²) in [7, 11) is 1.48. The number of aliphatic carboxylic acids is 1. The minimum atomic E-state index is -2.27. The second-order valence-corrected chi connectivity index (χ2v) is 4.83. The van der Waals surface area contributed by atoms with Crippen LogP contribution in [0.15, 0.2) is 18.3 Å². The van der Waals surface area contributed by atoms with E-state index in [9.17, 15) is 9.18 Å². The molecule has 1 saturated carbocycles. The van der Waals surface area contributed by atoms with E-state index < -0.39 is 17.6 Å². The highest BCUT2D eigenvalue weighted by molar-refractivity contribution is 5.78. The second-order valence-electron chi connectivity index (χ2n) is 4.83. The lowest BCUT2D eigenvalue weighted by Gasteiger charge is -2.27. The van der Waals surface area contributed by atoms with Gasteiger partial charge in [-0.2, -0.15) is 0 Å². The number of halogens is 1. The van der Waals surface area contributed by atoms with Crippen LogP contribution >= 0.6 is 0 Å². The molecular formula is C13H16FNO3. The molecule has 5 heteroatoms. The smallest absolute Gasteiger partial charge is 0.341 e. The molecule has 1 heterocycles. The fourth-order valence-electron chi connectivity index (χ4n) is 2.32. The lowest BCUT2D eigenvalue weighted by Crippen LogP contribution is -2.38. The molecule has 0 aliphatic heterocycles. The third-order valence-electron chi connectivity index (χ3n) is 3.42. The molecule has 2 unspecified atom stereocenters. The molecule has 2 atom stereocenters. The molecule has 18 heavy (non-hydrogen) atoms. The van der Waals surface area contributed by atoms with Crippen LogP contribution in [0.25, 0.3) is 0 Å². The summed E-state index contributed by atoms with van der Waals surface area (Å²) in [6, 6.07) is 3.27. The molecule has 1 fully saturated rings. The normalized spacial score (nSPS) is 19.9. The maximum atomic E-state index is 14.4. The van der Waals surface area contributed by atoms with Gasteiger partial charge in [-0.1, -0.05) is 0 Å². The molecule has 0 aromatic carbocycles. The zero-order chi connectivity index (χ0) is 13.3. The molecule has 1 aromatic heterocycles. The maximum Gasteiger partial charge on any atom is 0.341 e. The van der Waals surface area contributed by atoms with E-state index in [2.05, 4.69) is 4.98 Å². The van der Waals surface area contributed by atoms with Crippen molar-refractivity contribution >= 4 is 5.97 Å². The van der Waals surface area contributed by atoms with Gasteiger partial charge in [0.05, 0.1) is 7.11 Å². The van der Waals surface area contributed by atoms with Gasteiger partial charge in [0, 0.05) is 18.2 Å². The molecule has 0 amide bonds. The fraction of sp³-hybridized carbons (Fsp3) is 0.538. The molecular weight excluding hydrogens is 237 g/mol. The van der Waals surface area contributed by atoms with Crippen LogP contribution in [0.4, 0.5) is 4.39 Å². The number of hydrogen-bond donors (Lipinski definition) is 1. The van der Waals surface area contributed by atoms with Crippen molar-refractivity contribution in [2.45, 2.75) is 31.4 Å². The maximum absolute atomic E-state index is 14.4. The Morgan fingerprint density at radius 1 is 1.67 bits per heavy atom. The van der Waals surface area contributed by atoms with Gasteiger partial charge in [0.15, 0.2) is 0 Å². The highest BCUT2D eigenvalue weighted by Gasteiger charge is 2.50. The number of carbonyl (C=O) groups is 1. The van der Waals surface area contributed by atoms with Crippen molar-refractivity contribution in [2.75, 3.05) is 7.11 Å². The molecule has 0 radical (unpaired) electrons. The summed E-state index contributed by atoms with van der Waals surface area (Å²) >= 11 is 0. The Balaban J connectivity index is 2.38. The highest BCUT2D eigenvalue weighted by Crippen LogP contribution is 2.49. The van der Waals surface area contributed by atoms with Gasteiger partial charge in [0.2, 0.25) is 11.5 Å². The largest absolute Gasteiger partial charge is 0.481 e. The topological polar surface area (TPSA) is 59.4 Å². The van der Waals surface area contributed by atoms with E-state index in [4.69, 9.17) is 9.84 Å². The van der Waals surface area contributed by atoms with E-state index in [1.54, 1.807) is 12.1 Å². The average Bonchev–Trinajstić information content (AvgIpc) is 3.13. The van der Waals surface area contributed by atoms with Gasteiger partial charge < -0.3 is 9.84 Å². The summed E-state index contributed by atoms with van der Waals surface area (Å²) in [4.78, 5) is 15.1. The Morgan fingerprint density at radius 2 is 2.33 bits per heavy atom. The summed E-state index contributed by atoms with van der Waals surface area (Å²) in [6.07, 6.45) is 3.24. The van der Waals surface area contributed by atoms with E-state index in [1.165, 1.54) is 13.3 Å². The van der Waals surface area contributed by atoms with Gasteiger partial charge in [0.1, 0.15) is 0 Å². The van der Waals surface area contributed by atoms with E-state index in [1.807, 2.05) is 0 Å². The van der Waals surface area contributed by atoms with Gasteiger partial charge in [0.25, 0.3) is 0 Å². The fourth-order valence-corrected chi connectivity index (χ4v) is 2.32. The number of hydrogen-bond acceptors (Lipinski definition) is 3. The van der Waals surface area contributed by atoms with Crippen molar-refractivity contribution < 1.29 is 19.0 Å². The van der Waals surface area contributed by atoms with Gasteiger partial charge in [-0.3, -0.25) is 0 Å². The van der Waals surface area contributed by atoms with Crippen molar-refractivity contribution in [3.8, 4) is 5.88 Å². The van der Waals surface area contributed by atoms with Crippen LogP contribution in [-0.4, -0.2) is 28.8 Å². The number of nitrogens with zero attached hydrogens (tertiary/aromatic N) is 1. The first kappa shape index (κ1) is 12.8. The molecule has 98 valence electrons. The molecule has 4 nitrogen and oxygen atoms in total. The zero-order valence-corrected chi connectivity index (χ0v) is 10.4. The predicted molar refractivity (Wildman–Crippen MR) is 63.4 cm³/mol. The molecule has 2 rings (SSSR count). The third-order valence-corrected chi connectivity index (χ3v) is 3.42. The van der Waals surface area contributed by atoms with Crippen LogP contribution in [0.5, 0.6) is 5.88 Å². The van der Waals surface area contributed by atoms with Gasteiger partial charge in [-0.05, 0) is 37.3 Å². The van der Waals surface area contributed by atoms with Crippen LogP contribution in [0.1, 0.15) is 31.2 Å². The Morgan fingerprint density at radius 3 is 2.83 bits per heavy atom. The van der Waals surface area contributed by atoms with E-state index in [-0.39, 0.29) is 5.92 Å². The summed E-state index contributed by atoms with van der Waals surface area (Å²) < 4.78 is 19.4. The number of ether oxygens (including phenoxy) is 1. The van der Waals surface area contributed by atoms with Crippen molar-refractivity contribution in [3.63, 3.8) is 0 Å². The van der Waals surface area contributed by atoms with Crippen LogP contribution in [-0.2, 0) is 4.79 Å². The number of rotatable bonds is 5. The minimum Gasteiger partial charge on any atom is -0.481 e. The van der Waals surface area contributed by atoms with Crippen LogP contribution < -0.4 is 4.74 Å². The third kappa shape index (κ3) is 2.30. The first-order chi connectivity index (χ1) is 8.46. The van der Waals surface area contributed by atoms with E-state index in [0.717, 1.165) is 19.8 Å². The molecule has 1 aliphatic carbocycles. The molecule has 1 aromatic rings. The van der Waals surface area contributed by atoms with Crippen molar-refractivity contribution in [3.05, 3.63) is 23.9 Å². The Bertz CT molecular complexity index is 457. The number of carboxylic acid groups (broad SMARTS) is 1. The van der Waals surface area contributed by atoms with E-state index >= 15 is 0 Å². The monoisotopic (exact) mass is 253 g/mol. The number of carboxylic acids is 1. The number of alkyl halides is 1. The Kier molecular flexibility index (Phi) is 3.24. The summed E-state index contributed by atoms with van der Waals surface area (Å²) in [5.41, 5.74) is -1.63. The van der Waals surface area contributed by atoms with E-state index in [0.29, 0.717) is 11.4 Å². The quantitative estimate of drug-likeness (QED) is 0.875. The van der Waals surface area contributed by atoms with Gasteiger partial charge in [-0.25, -0.2) is 14.2 Å². The molecule has 0 spiro atoms. The van der Waals surface area contributed by atoms with Crippen molar-refractivity contribution in [1.29, 1.82) is 0 Å². The Labute approximate surface area is 105 Å². The van der Waals surface area contributed by atoms with Crippen LogP contribution in [0.2, 0.25) is 0 Å². The average molecular weight is 253 g/mol. The number of aromatic nitrogens is 1.